The van der Waals surface area contributed by atoms with Gasteiger partial charge in [-0.15, -0.1) is 0 Å². The van der Waals surface area contributed by atoms with Gasteiger partial charge in [0, 0.05) is 19.0 Å². The number of sulfonamides is 1. The molecule has 2 aromatic rings. The van der Waals surface area contributed by atoms with E-state index in [-0.39, 0.29) is 23.2 Å². The Morgan fingerprint density at radius 1 is 1.26 bits per heavy atom. The van der Waals surface area contributed by atoms with Crippen molar-refractivity contribution in [2.75, 3.05) is 24.7 Å². The molecular formula is C24H30F3N5O5S. The summed E-state index contributed by atoms with van der Waals surface area (Å²) in [5, 5.41) is 10.1. The summed E-state index contributed by atoms with van der Waals surface area (Å²) in [6, 6.07) is 6.10. The van der Waals surface area contributed by atoms with Crippen molar-refractivity contribution < 1.29 is 35.9 Å². The number of aromatic nitrogens is 2. The number of carbonyl (C=O) groups excluding carboxylic acids is 2. The van der Waals surface area contributed by atoms with E-state index in [9.17, 15) is 31.2 Å². The van der Waals surface area contributed by atoms with Crippen LogP contribution in [-0.2, 0) is 34.2 Å². The lowest BCUT2D eigenvalue weighted by molar-refractivity contribution is -0.153. The molecule has 3 N–H and O–H groups in total. The number of benzene rings is 1. The third-order valence-electron chi connectivity index (χ3n) is 6.45. The van der Waals surface area contributed by atoms with E-state index in [0.717, 1.165) is 24.8 Å². The summed E-state index contributed by atoms with van der Waals surface area (Å²) in [6.45, 7) is -0.893. The quantitative estimate of drug-likeness (QED) is 0.367. The van der Waals surface area contributed by atoms with Gasteiger partial charge in [0.15, 0.2) is 6.61 Å². The molecule has 4 rings (SSSR count). The van der Waals surface area contributed by atoms with Gasteiger partial charge in [0.2, 0.25) is 15.9 Å². The molecule has 38 heavy (non-hydrogen) atoms. The Morgan fingerprint density at radius 2 is 2.03 bits per heavy atom. The van der Waals surface area contributed by atoms with Crippen LogP contribution in [0.25, 0.3) is 0 Å². The Hall–Kier alpha value is -3.13. The highest BCUT2D eigenvalue weighted by molar-refractivity contribution is 7.90. The number of fused-ring (bicyclic) bond motifs is 1. The molecule has 1 aromatic heterocycles. The van der Waals surface area contributed by atoms with Gasteiger partial charge in [0.1, 0.15) is 22.9 Å². The highest BCUT2D eigenvalue weighted by Gasteiger charge is 2.33. The summed E-state index contributed by atoms with van der Waals surface area (Å²) >= 11 is 0. The molecule has 0 bridgehead atoms. The van der Waals surface area contributed by atoms with Crippen LogP contribution in [0.15, 0.2) is 24.3 Å². The first-order valence-electron chi connectivity index (χ1n) is 12.3. The van der Waals surface area contributed by atoms with Crippen molar-refractivity contribution in [2.24, 2.45) is 5.92 Å². The first-order valence-corrected chi connectivity index (χ1v) is 14.0. The minimum absolute atomic E-state index is 0.116. The van der Waals surface area contributed by atoms with Gasteiger partial charge in [-0.3, -0.25) is 9.59 Å². The Balaban J connectivity index is 1.45. The summed E-state index contributed by atoms with van der Waals surface area (Å²) in [7, 11) is -2.59. The molecule has 2 amide bonds. The van der Waals surface area contributed by atoms with Crippen LogP contribution in [0.2, 0.25) is 0 Å². The second kappa shape index (κ2) is 11.3. The monoisotopic (exact) mass is 557 g/mol. The van der Waals surface area contributed by atoms with Crippen LogP contribution < -0.4 is 20.1 Å². The molecule has 0 unspecified atom stereocenters. The fourth-order valence-electron chi connectivity index (χ4n) is 4.32. The van der Waals surface area contributed by atoms with Gasteiger partial charge in [0.25, 0.3) is 5.91 Å². The van der Waals surface area contributed by atoms with Crippen LogP contribution in [0.3, 0.4) is 0 Å². The Morgan fingerprint density at radius 3 is 2.71 bits per heavy atom. The van der Waals surface area contributed by atoms with Crippen molar-refractivity contribution in [2.45, 2.75) is 57.3 Å². The molecule has 2 aliphatic rings. The van der Waals surface area contributed by atoms with Gasteiger partial charge in [0.05, 0.1) is 5.69 Å². The highest BCUT2D eigenvalue weighted by Crippen LogP contribution is 2.34. The molecule has 1 aliphatic carbocycles. The molecule has 1 fully saturated rings. The molecule has 0 radical (unpaired) electrons. The Labute approximate surface area is 218 Å². The average molecular weight is 558 g/mol. The van der Waals surface area contributed by atoms with Gasteiger partial charge in [-0.25, -0.2) is 17.8 Å². The topological polar surface area (TPSA) is 131 Å². The maximum atomic E-state index is 13.1. The van der Waals surface area contributed by atoms with Gasteiger partial charge < -0.3 is 15.4 Å². The number of halogens is 3. The second-order valence-electron chi connectivity index (χ2n) is 9.60. The summed E-state index contributed by atoms with van der Waals surface area (Å²) in [6.07, 6.45) is 0.0155. The van der Waals surface area contributed by atoms with Crippen LogP contribution in [0.5, 0.6) is 5.75 Å². The Bertz CT molecular complexity index is 1290. The van der Waals surface area contributed by atoms with E-state index < -0.39 is 40.4 Å². The molecule has 208 valence electrons. The maximum Gasteiger partial charge on any atom is 0.422 e. The lowest BCUT2D eigenvalue weighted by Crippen LogP contribution is -2.42. The van der Waals surface area contributed by atoms with E-state index in [2.05, 4.69) is 20.5 Å². The van der Waals surface area contributed by atoms with Crippen LogP contribution in [0.4, 0.5) is 19.0 Å². The van der Waals surface area contributed by atoms with Crippen molar-refractivity contribution in [3.8, 4) is 5.75 Å². The van der Waals surface area contributed by atoms with E-state index in [4.69, 9.17) is 4.74 Å². The fourth-order valence-corrected chi connectivity index (χ4v) is 4.88. The molecule has 0 saturated heterocycles. The second-order valence-corrected chi connectivity index (χ2v) is 11.5. The predicted octanol–water partition coefficient (Wildman–Crippen LogP) is 2.40. The van der Waals surface area contributed by atoms with Crippen molar-refractivity contribution in [3.63, 3.8) is 0 Å². The van der Waals surface area contributed by atoms with Gasteiger partial charge >= 0.3 is 6.18 Å². The molecule has 14 heteroatoms. The van der Waals surface area contributed by atoms with Crippen LogP contribution >= 0.6 is 0 Å². The average Bonchev–Trinajstić information content (AvgIpc) is 3.61. The number of rotatable bonds is 12. The van der Waals surface area contributed by atoms with Gasteiger partial charge in [-0.1, -0.05) is 25.0 Å². The molecule has 0 spiro atoms. The van der Waals surface area contributed by atoms with E-state index >= 15 is 0 Å². The van der Waals surface area contributed by atoms with Crippen LogP contribution in [0.1, 0.15) is 47.3 Å². The summed E-state index contributed by atoms with van der Waals surface area (Å²) in [5.41, 5.74) is 1.48. The summed E-state index contributed by atoms with van der Waals surface area (Å²) < 4.78 is 69.4. The highest BCUT2D eigenvalue weighted by atomic mass is 32.2. The largest absolute Gasteiger partial charge is 0.484 e. The number of nitrogens with zero attached hydrogens (tertiary/aromatic N) is 2. The third-order valence-corrected chi connectivity index (χ3v) is 7.71. The van der Waals surface area contributed by atoms with Crippen LogP contribution in [-0.4, -0.2) is 61.6 Å². The normalized spacial score (nSPS) is 17.6. The number of carbonyl (C=O) groups is 2. The van der Waals surface area contributed by atoms with Crippen molar-refractivity contribution >= 4 is 27.7 Å². The predicted molar refractivity (Wildman–Crippen MR) is 132 cm³/mol. The Kier molecular flexibility index (Phi) is 8.31. The first-order chi connectivity index (χ1) is 17.9. The number of amides is 2. The van der Waals surface area contributed by atoms with Crippen molar-refractivity contribution in [1.82, 2.24) is 19.8 Å². The molecule has 1 saturated carbocycles. The maximum absolute atomic E-state index is 13.1. The zero-order valence-corrected chi connectivity index (χ0v) is 21.6. The molecular weight excluding hydrogens is 527 g/mol. The minimum Gasteiger partial charge on any atom is -0.484 e. The SMILES string of the molecule is CNS(=O)(=O)CC(=O)Nc1c2c(nn1CCC1CC1)C[C@H](CCc1cccc(OCC(F)(F)F)c1)NC2=O. The van der Waals surface area contributed by atoms with Gasteiger partial charge in [-0.2, -0.15) is 18.3 Å². The summed E-state index contributed by atoms with van der Waals surface area (Å²) in [5.74, 6) is -1.13. The van der Waals surface area contributed by atoms with Crippen molar-refractivity contribution in [1.29, 1.82) is 0 Å². The fraction of sp³-hybridized carbons (Fsp3) is 0.542. The molecule has 1 atom stereocenters. The number of alkyl halides is 3. The minimum atomic E-state index is -4.43. The number of hydrogen-bond acceptors (Lipinski definition) is 6. The summed E-state index contributed by atoms with van der Waals surface area (Å²) in [4.78, 5) is 25.5. The zero-order chi connectivity index (χ0) is 27.5. The molecule has 1 aromatic carbocycles. The first kappa shape index (κ1) is 27.9. The molecule has 2 heterocycles. The smallest absolute Gasteiger partial charge is 0.422 e. The third kappa shape index (κ3) is 7.69. The van der Waals surface area contributed by atoms with Gasteiger partial charge in [-0.05, 0) is 49.9 Å². The number of ether oxygens (including phenoxy) is 1. The lowest BCUT2D eigenvalue weighted by Gasteiger charge is -2.23. The number of nitrogens with one attached hydrogen (secondary N) is 3. The standard InChI is InChI=1S/C24H30F3N5O5S/c1-28-38(35,36)13-20(33)30-22-21-19(31-32(22)10-9-15-5-6-15)12-17(29-23(21)34)8-7-16-3-2-4-18(11-16)37-14-24(25,26)27/h2-4,11,15,17,28H,5-10,12-14H2,1H3,(H,29,34)(H,30,33)/t17-/m0/s1. The van der Waals surface area contributed by atoms with E-state index in [0.29, 0.717) is 37.4 Å². The van der Waals surface area contributed by atoms with E-state index in [1.807, 2.05) is 0 Å². The lowest BCUT2D eigenvalue weighted by atomic mass is 9.96. The van der Waals surface area contributed by atoms with E-state index in [1.54, 1.807) is 22.9 Å². The van der Waals surface area contributed by atoms with E-state index in [1.165, 1.54) is 13.1 Å². The molecule has 1 aliphatic heterocycles. The number of aryl methyl sites for hydroxylation is 2. The van der Waals surface area contributed by atoms with Crippen molar-refractivity contribution in [3.05, 3.63) is 41.1 Å². The number of hydrogen-bond donors (Lipinski definition) is 3. The zero-order valence-electron chi connectivity index (χ0n) is 20.8. The molecule has 10 nitrogen and oxygen atoms in total. The number of anilines is 1. The van der Waals surface area contributed by atoms with Crippen LogP contribution in [0, 0.1) is 5.92 Å².